The largest absolute Gasteiger partial charge is 0.484 e. The van der Waals surface area contributed by atoms with E-state index in [1.807, 2.05) is 6.92 Å². The summed E-state index contributed by atoms with van der Waals surface area (Å²) < 4.78 is 12.2. The molecule has 0 bridgehead atoms. The molecule has 0 unspecified atom stereocenters. The zero-order valence-corrected chi connectivity index (χ0v) is 19.0. The van der Waals surface area contributed by atoms with Gasteiger partial charge in [-0.2, -0.15) is 0 Å². The number of nitrogens with one attached hydrogen (secondary N) is 1. The molecule has 33 heavy (non-hydrogen) atoms. The maximum absolute atomic E-state index is 12.5. The molecule has 0 aliphatic carbocycles. The number of rotatable bonds is 7. The third-order valence-corrected chi connectivity index (χ3v) is 5.60. The minimum Gasteiger partial charge on any atom is -0.484 e. The average molecular weight is 484 g/mol. The van der Waals surface area contributed by atoms with E-state index in [2.05, 4.69) is 10.3 Å². The number of amides is 1. The van der Waals surface area contributed by atoms with Crippen LogP contribution in [0.2, 0.25) is 5.02 Å². The minimum absolute atomic E-state index is 0.146. The highest BCUT2D eigenvalue weighted by Crippen LogP contribution is 2.17. The Morgan fingerprint density at radius 1 is 1.15 bits per heavy atom. The molecule has 0 saturated heterocycles. The lowest BCUT2D eigenvalue weighted by molar-refractivity contribution is -0.118. The first-order valence-corrected chi connectivity index (χ1v) is 11.0. The quantitative estimate of drug-likeness (QED) is 0.397. The second-order valence-corrected chi connectivity index (χ2v) is 8.68. The molecule has 0 fully saturated rings. The predicted molar refractivity (Wildman–Crippen MR) is 125 cm³/mol. The first-order valence-electron chi connectivity index (χ1n) is 9.81. The van der Waals surface area contributed by atoms with Crippen LogP contribution in [0.1, 0.15) is 20.9 Å². The van der Waals surface area contributed by atoms with Crippen LogP contribution in [-0.4, -0.2) is 27.9 Å². The highest BCUT2D eigenvalue weighted by Gasteiger charge is 2.12. The maximum atomic E-state index is 12.5. The molecule has 8 nitrogen and oxygen atoms in total. The molecular weight excluding hydrogens is 466 g/mol. The van der Waals surface area contributed by atoms with E-state index in [-0.39, 0.29) is 30.2 Å². The van der Waals surface area contributed by atoms with Gasteiger partial charge in [0.2, 0.25) is 0 Å². The molecule has 0 radical (unpaired) electrons. The van der Waals surface area contributed by atoms with E-state index >= 15 is 0 Å². The average Bonchev–Trinajstić information content (AvgIpc) is 3.18. The van der Waals surface area contributed by atoms with E-state index in [1.165, 1.54) is 27.9 Å². The number of aryl methyl sites for hydroxylation is 1. The molecule has 2 heterocycles. The fourth-order valence-corrected chi connectivity index (χ4v) is 3.93. The van der Waals surface area contributed by atoms with Gasteiger partial charge in [0.05, 0.1) is 11.3 Å². The van der Waals surface area contributed by atoms with Gasteiger partial charge in [-0.3, -0.25) is 14.0 Å². The van der Waals surface area contributed by atoms with Gasteiger partial charge in [-0.25, -0.2) is 9.78 Å². The van der Waals surface area contributed by atoms with Crippen molar-refractivity contribution in [2.75, 3.05) is 11.9 Å². The molecule has 0 aliphatic rings. The number of esters is 1. The zero-order valence-electron chi connectivity index (χ0n) is 17.4. The van der Waals surface area contributed by atoms with Crippen molar-refractivity contribution in [1.82, 2.24) is 9.38 Å². The van der Waals surface area contributed by atoms with Crippen molar-refractivity contribution in [3.8, 4) is 5.75 Å². The Hall–Kier alpha value is -3.69. The van der Waals surface area contributed by atoms with Crippen LogP contribution >= 0.6 is 22.9 Å². The summed E-state index contributed by atoms with van der Waals surface area (Å²) in [6, 6.07) is 14.3. The van der Waals surface area contributed by atoms with Crippen molar-refractivity contribution in [2.45, 2.75) is 13.5 Å². The lowest BCUT2D eigenvalue weighted by atomic mass is 10.2. The summed E-state index contributed by atoms with van der Waals surface area (Å²) in [4.78, 5) is 42.6. The number of aromatic nitrogens is 2. The molecule has 1 amide bonds. The van der Waals surface area contributed by atoms with Gasteiger partial charge < -0.3 is 14.8 Å². The second kappa shape index (κ2) is 9.85. The van der Waals surface area contributed by atoms with Crippen molar-refractivity contribution >= 4 is 45.5 Å². The van der Waals surface area contributed by atoms with Gasteiger partial charge in [0.1, 0.15) is 12.4 Å². The van der Waals surface area contributed by atoms with Crippen LogP contribution in [-0.2, 0) is 16.1 Å². The summed E-state index contributed by atoms with van der Waals surface area (Å²) in [5.74, 6) is -0.483. The highest BCUT2D eigenvalue weighted by atomic mass is 35.5. The monoisotopic (exact) mass is 483 g/mol. The Labute approximate surface area is 197 Å². The fraction of sp³-hybridized carbons (Fsp3) is 0.130. The number of benzene rings is 2. The van der Waals surface area contributed by atoms with E-state index in [0.29, 0.717) is 27.1 Å². The zero-order chi connectivity index (χ0) is 23.4. The maximum Gasteiger partial charge on any atom is 0.338 e. The molecule has 4 aromatic rings. The van der Waals surface area contributed by atoms with Crippen molar-refractivity contribution in [2.24, 2.45) is 0 Å². The summed E-state index contributed by atoms with van der Waals surface area (Å²) in [6.45, 7) is 1.53. The SMILES string of the molecule is Cc1cn2c(=O)cc(COC(=O)c3cccc(NC(=O)COc4ccc(Cl)cc4)c3)nc2s1. The highest BCUT2D eigenvalue weighted by molar-refractivity contribution is 7.16. The lowest BCUT2D eigenvalue weighted by Crippen LogP contribution is -2.20. The Bertz CT molecular complexity index is 1380. The van der Waals surface area contributed by atoms with Gasteiger partial charge >= 0.3 is 5.97 Å². The number of halogens is 1. The molecule has 2 aromatic heterocycles. The van der Waals surface area contributed by atoms with Crippen molar-refractivity contribution in [1.29, 1.82) is 0 Å². The topological polar surface area (TPSA) is 99.0 Å². The molecule has 0 atom stereocenters. The number of hydrogen-bond donors (Lipinski definition) is 1. The van der Waals surface area contributed by atoms with Crippen LogP contribution in [0.3, 0.4) is 0 Å². The number of nitrogens with zero attached hydrogens (tertiary/aromatic N) is 2. The molecule has 0 saturated carbocycles. The number of fused-ring (bicyclic) bond motifs is 1. The molecule has 10 heteroatoms. The smallest absolute Gasteiger partial charge is 0.338 e. The van der Waals surface area contributed by atoms with E-state index in [4.69, 9.17) is 21.1 Å². The van der Waals surface area contributed by atoms with Gasteiger partial charge in [0.25, 0.3) is 11.5 Å². The standard InChI is InChI=1S/C23H18ClN3O5S/c1-14-11-27-21(29)10-18(26-23(27)33-14)12-32-22(30)15-3-2-4-17(9-15)25-20(28)13-31-19-7-5-16(24)6-8-19/h2-11H,12-13H2,1H3,(H,25,28). The summed E-state index contributed by atoms with van der Waals surface area (Å²) in [5.41, 5.74) is 0.789. The van der Waals surface area contributed by atoms with Gasteiger partial charge in [-0.05, 0) is 49.4 Å². The summed E-state index contributed by atoms with van der Waals surface area (Å²) in [7, 11) is 0. The number of thiazole rings is 1. The van der Waals surface area contributed by atoms with Crippen molar-refractivity contribution in [3.05, 3.63) is 92.3 Å². The third kappa shape index (κ3) is 5.76. The molecule has 0 aliphatic heterocycles. The normalized spacial score (nSPS) is 10.7. The van der Waals surface area contributed by atoms with Crippen LogP contribution in [0.4, 0.5) is 5.69 Å². The molecule has 168 valence electrons. The first-order chi connectivity index (χ1) is 15.9. The second-order valence-electron chi connectivity index (χ2n) is 7.03. The van der Waals surface area contributed by atoms with Gasteiger partial charge in [-0.1, -0.05) is 17.7 Å². The van der Waals surface area contributed by atoms with Crippen molar-refractivity contribution in [3.63, 3.8) is 0 Å². The van der Waals surface area contributed by atoms with Crippen LogP contribution in [0.25, 0.3) is 4.96 Å². The molecule has 4 rings (SSSR count). The van der Waals surface area contributed by atoms with Gasteiger partial charge in [0.15, 0.2) is 11.6 Å². The van der Waals surface area contributed by atoms with E-state index < -0.39 is 5.97 Å². The lowest BCUT2D eigenvalue weighted by Gasteiger charge is -2.09. The Balaban J connectivity index is 1.34. The number of hydrogen-bond acceptors (Lipinski definition) is 7. The van der Waals surface area contributed by atoms with E-state index in [0.717, 1.165) is 4.88 Å². The fourth-order valence-electron chi connectivity index (χ4n) is 2.96. The van der Waals surface area contributed by atoms with Crippen LogP contribution < -0.4 is 15.6 Å². The molecule has 1 N–H and O–H groups in total. The summed E-state index contributed by atoms with van der Waals surface area (Å²) in [5, 5.41) is 3.24. The number of anilines is 1. The number of ether oxygens (including phenoxy) is 2. The van der Waals surface area contributed by atoms with Crippen LogP contribution in [0, 0.1) is 6.92 Å². The molecule has 2 aromatic carbocycles. The van der Waals surface area contributed by atoms with Crippen LogP contribution in [0.15, 0.2) is 65.6 Å². The van der Waals surface area contributed by atoms with Gasteiger partial charge in [0, 0.05) is 27.9 Å². The molecular formula is C23H18ClN3O5S. The van der Waals surface area contributed by atoms with E-state index in [1.54, 1.807) is 48.7 Å². The summed E-state index contributed by atoms with van der Waals surface area (Å²) in [6.07, 6.45) is 1.71. The molecule has 0 spiro atoms. The number of carbonyl (C=O) groups is 2. The summed E-state index contributed by atoms with van der Waals surface area (Å²) >= 11 is 7.20. The predicted octanol–water partition coefficient (Wildman–Crippen LogP) is 4.09. The Morgan fingerprint density at radius 3 is 2.73 bits per heavy atom. The number of carbonyl (C=O) groups excluding carboxylic acids is 2. The van der Waals surface area contributed by atoms with E-state index in [9.17, 15) is 14.4 Å². The first kappa shape index (κ1) is 22.5. The minimum atomic E-state index is -0.604. The third-order valence-electron chi connectivity index (χ3n) is 4.45. The Morgan fingerprint density at radius 2 is 1.94 bits per heavy atom. The van der Waals surface area contributed by atoms with Gasteiger partial charge in [-0.15, -0.1) is 11.3 Å². The Kier molecular flexibility index (Phi) is 6.71. The van der Waals surface area contributed by atoms with Crippen LogP contribution in [0.5, 0.6) is 5.75 Å². The van der Waals surface area contributed by atoms with Crippen molar-refractivity contribution < 1.29 is 19.1 Å².